The van der Waals surface area contributed by atoms with E-state index in [-0.39, 0.29) is 70.2 Å². The first-order chi connectivity index (χ1) is 33.2. The molecule has 0 amide bonds. The second-order valence-corrected chi connectivity index (χ2v) is 18.7. The van der Waals surface area contributed by atoms with E-state index in [1.165, 1.54) is 43.3 Å². The molecule has 0 unspecified atom stereocenters. The fraction of sp³-hybridized carbons (Fsp3) is 0.357. The second-order valence-electron chi connectivity index (χ2n) is 17.9. The van der Waals surface area contributed by atoms with Crippen LogP contribution in [-0.2, 0) is 0 Å². The summed E-state index contributed by atoms with van der Waals surface area (Å²) in [6.45, 7) is 22.7. The third-order valence-corrected chi connectivity index (χ3v) is 10.9. The summed E-state index contributed by atoms with van der Waals surface area (Å²) in [5.74, 6) is -12.9. The van der Waals surface area contributed by atoms with Gasteiger partial charge in [0.05, 0.1) is 5.02 Å². The van der Waals surface area contributed by atoms with Crippen LogP contribution in [0, 0.1) is 94.2 Å². The Morgan fingerprint density at radius 2 is 0.658 bits per heavy atom. The smallest absolute Gasteiger partial charge is 0.194 e. The minimum Gasteiger partial charge on any atom is -0.207 e. The summed E-state index contributed by atoms with van der Waals surface area (Å²) in [5.41, 5.74) is 1.93. The maximum absolute atomic E-state index is 13.3. The number of rotatable bonds is 6. The van der Waals surface area contributed by atoms with Gasteiger partial charge in [0.2, 0.25) is 0 Å². The normalized spacial score (nSPS) is 10.7. The molecule has 0 heterocycles. The molecule has 0 aliphatic heterocycles. The Hall–Kier alpha value is -5.15. The van der Waals surface area contributed by atoms with Crippen LogP contribution in [0.15, 0.2) is 72.8 Å². The molecule has 6 aromatic rings. The molecule has 0 N–H and O–H groups in total. The lowest BCUT2D eigenvalue weighted by molar-refractivity contribution is 0.438. The van der Waals surface area contributed by atoms with Crippen LogP contribution in [0.2, 0.25) is 10.0 Å². The average molecular weight is 1090 g/mol. The summed E-state index contributed by atoms with van der Waals surface area (Å²) in [4.78, 5) is 0. The molecule has 0 spiro atoms. The third kappa shape index (κ3) is 20.2. The van der Waals surface area contributed by atoms with Crippen LogP contribution >= 0.6 is 23.2 Å². The minimum atomic E-state index is -1.39. The van der Waals surface area contributed by atoms with Gasteiger partial charge in [-0.15, -0.1) is 0 Å². The van der Waals surface area contributed by atoms with Crippen molar-refractivity contribution in [2.45, 2.75) is 133 Å². The Labute approximate surface area is 429 Å². The monoisotopic (exact) mass is 1090 g/mol. The average Bonchev–Trinajstić information content (AvgIpc) is 3.26. The molecule has 0 saturated carbocycles. The van der Waals surface area contributed by atoms with E-state index in [4.69, 9.17) is 23.2 Å². The highest BCUT2D eigenvalue weighted by atomic mass is 35.5. The maximum atomic E-state index is 13.3. The van der Waals surface area contributed by atoms with Crippen LogP contribution in [0.4, 0.5) is 65.9 Å². The molecule has 0 bridgehead atoms. The molecule has 0 aromatic heterocycles. The van der Waals surface area contributed by atoms with Crippen molar-refractivity contribution in [1.82, 2.24) is 0 Å². The van der Waals surface area contributed by atoms with E-state index in [0.29, 0.717) is 34.9 Å². The van der Waals surface area contributed by atoms with Crippen molar-refractivity contribution >= 4 is 23.2 Å². The van der Waals surface area contributed by atoms with Crippen molar-refractivity contribution in [3.05, 3.63) is 209 Å². The summed E-state index contributed by atoms with van der Waals surface area (Å²) in [6.07, 6.45) is 0. The van der Waals surface area contributed by atoms with Gasteiger partial charge < -0.3 is 0 Å². The first kappa shape index (κ1) is 67.8. The van der Waals surface area contributed by atoms with Gasteiger partial charge in [-0.2, -0.15) is 0 Å². The zero-order valence-electron chi connectivity index (χ0n) is 41.8. The van der Waals surface area contributed by atoms with Crippen LogP contribution in [0.5, 0.6) is 0 Å². The first-order valence-corrected chi connectivity index (χ1v) is 23.1. The highest BCUT2D eigenvalue weighted by Crippen LogP contribution is 2.29. The van der Waals surface area contributed by atoms with Gasteiger partial charge in [0.25, 0.3) is 0 Å². The summed E-state index contributed by atoms with van der Waals surface area (Å²) >= 11 is 10.9. The van der Waals surface area contributed by atoms with Crippen molar-refractivity contribution in [1.29, 1.82) is 0 Å². The van der Waals surface area contributed by atoms with Crippen LogP contribution in [-0.4, -0.2) is 0 Å². The zero-order chi connectivity index (χ0) is 55.8. The van der Waals surface area contributed by atoms with Gasteiger partial charge >= 0.3 is 0 Å². The Balaban J connectivity index is 0.000000850. The molecule has 0 aliphatic rings. The van der Waals surface area contributed by atoms with Gasteiger partial charge in [-0.05, 0) is 101 Å². The summed E-state index contributed by atoms with van der Waals surface area (Å²) in [6, 6.07) is 12.6. The predicted molar refractivity (Wildman–Crippen MR) is 264 cm³/mol. The van der Waals surface area contributed by atoms with Gasteiger partial charge in [-0.25, -0.2) is 65.9 Å². The van der Waals surface area contributed by atoms with Gasteiger partial charge in [-0.3, -0.25) is 0 Å². The standard InChI is InChI=1S/C10H12F2.2C9H9ClF2.3C9H9F3.CH4/c1-6(2)8-4-5-9(11)7(3)10(8)12;1-5(2)6-3-7(10)9(12)4-8(6)11;1-5(2)6-3-4-7(11)8(10)9(6)12;1-5(2)6-3-8(11)9(12)4-7(6)10;1-5(2)9-7(11)3-6(10)4-8(9)12;1-5(2)6-3-4-7(10)9(12)8(6)11;/h4-6H,1-3H3;5*3-5H,1-2H3;1H4. The van der Waals surface area contributed by atoms with Crippen molar-refractivity contribution in [3.8, 4) is 0 Å². The lowest BCUT2D eigenvalue weighted by Crippen LogP contribution is -1.98. The molecule has 73 heavy (non-hydrogen) atoms. The topological polar surface area (TPSA) is 0 Å². The number of hydrogen-bond donors (Lipinski definition) is 0. The minimum absolute atomic E-state index is 0. The quantitative estimate of drug-likeness (QED) is 0.0886. The fourth-order valence-corrected chi connectivity index (χ4v) is 6.51. The van der Waals surface area contributed by atoms with Crippen molar-refractivity contribution < 1.29 is 65.9 Å². The number of hydrogen-bond acceptors (Lipinski definition) is 0. The van der Waals surface area contributed by atoms with E-state index in [0.717, 1.165) is 18.2 Å². The molecular weight excluding hydrogens is 1030 g/mol. The molecule has 0 aliphatic carbocycles. The molecule has 0 nitrogen and oxygen atoms in total. The molecule has 17 heteroatoms. The third-order valence-electron chi connectivity index (χ3n) is 10.3. The van der Waals surface area contributed by atoms with Gasteiger partial charge in [-0.1, -0.05) is 132 Å². The Kier molecular flexibility index (Phi) is 28.7. The lowest BCUT2D eigenvalue weighted by atomic mass is 10.00. The second kappa shape index (κ2) is 30.9. The summed E-state index contributed by atoms with van der Waals surface area (Å²) in [5, 5.41) is -0.443. The van der Waals surface area contributed by atoms with Crippen molar-refractivity contribution in [3.63, 3.8) is 0 Å². The van der Waals surface area contributed by atoms with E-state index in [2.05, 4.69) is 0 Å². The lowest BCUT2D eigenvalue weighted by Gasteiger charge is -2.08. The zero-order valence-corrected chi connectivity index (χ0v) is 43.3. The molecular formula is C56H61Cl2F15. The van der Waals surface area contributed by atoms with Gasteiger partial charge in [0.15, 0.2) is 29.1 Å². The molecule has 0 saturated heterocycles. The van der Waals surface area contributed by atoms with Crippen molar-refractivity contribution in [2.75, 3.05) is 0 Å². The Morgan fingerprint density at radius 3 is 1.08 bits per heavy atom. The van der Waals surface area contributed by atoms with E-state index >= 15 is 0 Å². The van der Waals surface area contributed by atoms with Crippen LogP contribution in [0.1, 0.15) is 165 Å². The molecule has 0 fully saturated rings. The van der Waals surface area contributed by atoms with Gasteiger partial charge in [0, 0.05) is 35.4 Å². The van der Waals surface area contributed by atoms with Crippen LogP contribution in [0.3, 0.4) is 0 Å². The summed E-state index contributed by atoms with van der Waals surface area (Å²) < 4.78 is 191. The van der Waals surface area contributed by atoms with E-state index in [9.17, 15) is 65.9 Å². The fourth-order valence-electron chi connectivity index (χ4n) is 6.17. The van der Waals surface area contributed by atoms with E-state index in [1.807, 2.05) is 41.5 Å². The van der Waals surface area contributed by atoms with E-state index < -0.39 is 92.3 Å². The van der Waals surface area contributed by atoms with E-state index in [1.54, 1.807) is 41.5 Å². The van der Waals surface area contributed by atoms with Crippen LogP contribution < -0.4 is 0 Å². The first-order valence-electron chi connectivity index (χ1n) is 22.3. The SMILES string of the molecule is C.CC(C)c1c(F)cc(F)cc1F.CC(C)c1cc(Cl)c(F)cc1F.CC(C)c1cc(F)c(F)cc1F.CC(C)c1ccc(F)c(Cl)c1F.CC(C)c1ccc(F)c(F)c1F.Cc1c(F)ccc(C(C)C)c1F. The molecule has 404 valence electrons. The van der Waals surface area contributed by atoms with Gasteiger partial charge in [0.1, 0.15) is 63.2 Å². The molecule has 0 atom stereocenters. The largest absolute Gasteiger partial charge is 0.207 e. The maximum Gasteiger partial charge on any atom is 0.194 e. The molecule has 0 radical (unpaired) electrons. The summed E-state index contributed by atoms with van der Waals surface area (Å²) in [7, 11) is 0. The van der Waals surface area contributed by atoms with Crippen molar-refractivity contribution in [2.24, 2.45) is 0 Å². The van der Waals surface area contributed by atoms with Crippen LogP contribution in [0.25, 0.3) is 0 Å². The highest BCUT2D eigenvalue weighted by Gasteiger charge is 2.18. The molecule has 6 aromatic carbocycles. The Morgan fingerprint density at radius 1 is 0.301 bits per heavy atom. The number of benzene rings is 6. The number of halogens is 17. The Bertz CT molecular complexity index is 2470. The highest BCUT2D eigenvalue weighted by molar-refractivity contribution is 6.31. The predicted octanol–water partition coefficient (Wildman–Crippen LogP) is 21.2. The molecule has 6 rings (SSSR count).